The molecule has 1 aromatic rings. The van der Waals surface area contributed by atoms with Crippen molar-refractivity contribution in [2.24, 2.45) is 0 Å². The minimum atomic E-state index is 0.265. The van der Waals surface area contributed by atoms with E-state index in [9.17, 15) is 0 Å². The van der Waals surface area contributed by atoms with E-state index in [0.29, 0.717) is 5.71 Å². The first-order valence-corrected chi connectivity index (χ1v) is 6.20. The average molecular weight is 239 g/mol. The number of likely N-dealkylation sites (N-methyl/N-ethyl adjacent to an activating group) is 1. The molecule has 1 aromatic carbocycles. The zero-order valence-corrected chi connectivity index (χ0v) is 10.5. The van der Waals surface area contributed by atoms with Crippen molar-refractivity contribution in [1.82, 2.24) is 4.90 Å². The smallest absolute Gasteiger partial charge is 0.314 e. The molecular formula is C15H17N3. The fourth-order valence-corrected chi connectivity index (χ4v) is 2.07. The van der Waals surface area contributed by atoms with Crippen LogP contribution in [0.4, 0.5) is 0 Å². The molecule has 0 amide bonds. The van der Waals surface area contributed by atoms with E-state index in [1.807, 2.05) is 18.2 Å². The van der Waals surface area contributed by atoms with Crippen molar-refractivity contribution in [3.8, 4) is 0 Å². The molecule has 0 unspecified atom stereocenters. The van der Waals surface area contributed by atoms with Gasteiger partial charge in [0.1, 0.15) is 0 Å². The van der Waals surface area contributed by atoms with Gasteiger partial charge in [0.05, 0.1) is 0 Å². The normalized spacial score (nSPS) is 18.1. The van der Waals surface area contributed by atoms with Crippen LogP contribution in [-0.4, -0.2) is 28.0 Å². The van der Waals surface area contributed by atoms with E-state index in [-0.39, 0.29) is 6.04 Å². The minimum absolute atomic E-state index is 0.265. The maximum Gasteiger partial charge on any atom is 0.314 e. The summed E-state index contributed by atoms with van der Waals surface area (Å²) in [6.45, 7) is 4.04. The SMILES string of the molecule is CCN(Cc1ccccc1)C1C=CC(=[N+]=[N-])C=C1. The molecule has 0 saturated carbocycles. The standard InChI is InChI=1S/C15H17N3/c1-2-18(12-13-6-4-3-5-7-13)15-10-8-14(17-16)9-11-15/h3-11,15H,2,12H2,1H3. The van der Waals surface area contributed by atoms with Gasteiger partial charge in [0, 0.05) is 24.7 Å². The Morgan fingerprint density at radius 1 is 1.17 bits per heavy atom. The lowest BCUT2D eigenvalue weighted by Gasteiger charge is -2.27. The van der Waals surface area contributed by atoms with Crippen molar-refractivity contribution < 1.29 is 4.79 Å². The lowest BCUT2D eigenvalue weighted by Crippen LogP contribution is -2.33. The van der Waals surface area contributed by atoms with E-state index >= 15 is 0 Å². The van der Waals surface area contributed by atoms with Crippen molar-refractivity contribution in [3.05, 3.63) is 65.7 Å². The highest BCUT2D eigenvalue weighted by Gasteiger charge is 2.16. The van der Waals surface area contributed by atoms with Crippen LogP contribution in [0.2, 0.25) is 0 Å². The van der Waals surface area contributed by atoms with Crippen LogP contribution in [0.15, 0.2) is 54.6 Å². The molecule has 0 atom stereocenters. The molecule has 0 bridgehead atoms. The summed E-state index contributed by atoms with van der Waals surface area (Å²) >= 11 is 0. The van der Waals surface area contributed by atoms with Gasteiger partial charge in [-0.25, -0.2) is 0 Å². The van der Waals surface area contributed by atoms with Crippen molar-refractivity contribution in [2.45, 2.75) is 19.5 Å². The molecule has 0 heterocycles. The van der Waals surface area contributed by atoms with Gasteiger partial charge < -0.3 is 5.53 Å². The summed E-state index contributed by atoms with van der Waals surface area (Å²) in [6.07, 6.45) is 7.81. The monoisotopic (exact) mass is 239 g/mol. The molecular weight excluding hydrogens is 222 g/mol. The molecule has 0 N–H and O–H groups in total. The molecule has 2 rings (SSSR count). The van der Waals surface area contributed by atoms with Crippen LogP contribution in [0.1, 0.15) is 12.5 Å². The number of hydrogen-bond donors (Lipinski definition) is 0. The summed E-state index contributed by atoms with van der Waals surface area (Å²) in [5, 5.41) is 0. The molecule has 0 radical (unpaired) electrons. The van der Waals surface area contributed by atoms with Crippen LogP contribution in [0.5, 0.6) is 0 Å². The highest BCUT2D eigenvalue weighted by atomic mass is 15.1. The van der Waals surface area contributed by atoms with Crippen molar-refractivity contribution in [2.75, 3.05) is 6.54 Å². The summed E-state index contributed by atoms with van der Waals surface area (Å²) < 4.78 is 0. The van der Waals surface area contributed by atoms with E-state index in [1.165, 1.54) is 5.56 Å². The molecule has 18 heavy (non-hydrogen) atoms. The third-order valence-corrected chi connectivity index (χ3v) is 3.10. The summed E-state index contributed by atoms with van der Waals surface area (Å²) in [7, 11) is 0. The predicted octanol–water partition coefficient (Wildman–Crippen LogP) is 2.67. The Morgan fingerprint density at radius 2 is 1.83 bits per heavy atom. The van der Waals surface area contributed by atoms with Crippen molar-refractivity contribution in [3.63, 3.8) is 0 Å². The first kappa shape index (κ1) is 12.5. The Labute approximate surface area is 108 Å². The Balaban J connectivity index is 2.07. The number of benzene rings is 1. The third-order valence-electron chi connectivity index (χ3n) is 3.10. The second-order valence-corrected chi connectivity index (χ2v) is 4.28. The molecule has 0 spiro atoms. The fourth-order valence-electron chi connectivity index (χ4n) is 2.07. The lowest BCUT2D eigenvalue weighted by atomic mass is 10.1. The maximum absolute atomic E-state index is 8.68. The summed E-state index contributed by atoms with van der Waals surface area (Å²) in [6, 6.07) is 10.7. The molecule has 0 saturated heterocycles. The van der Waals surface area contributed by atoms with E-state index in [2.05, 4.69) is 53.0 Å². The van der Waals surface area contributed by atoms with E-state index in [4.69, 9.17) is 5.53 Å². The largest absolute Gasteiger partial charge is 0.361 e. The van der Waals surface area contributed by atoms with Gasteiger partial charge in [-0.05, 0) is 12.1 Å². The van der Waals surface area contributed by atoms with Crippen LogP contribution >= 0.6 is 0 Å². The number of nitrogens with zero attached hydrogens (tertiary/aromatic N) is 3. The van der Waals surface area contributed by atoms with Crippen LogP contribution in [0, 0.1) is 0 Å². The van der Waals surface area contributed by atoms with Gasteiger partial charge in [-0.1, -0.05) is 49.4 Å². The lowest BCUT2D eigenvalue weighted by molar-refractivity contribution is -0.00174. The predicted molar refractivity (Wildman–Crippen MR) is 73.2 cm³/mol. The maximum atomic E-state index is 8.68. The second kappa shape index (κ2) is 6.10. The van der Waals surface area contributed by atoms with Gasteiger partial charge in [0.2, 0.25) is 0 Å². The molecule has 1 aliphatic rings. The molecule has 0 fully saturated rings. The highest BCUT2D eigenvalue weighted by Crippen LogP contribution is 2.12. The number of rotatable bonds is 4. The number of hydrogen-bond acceptors (Lipinski definition) is 1. The molecule has 1 aliphatic carbocycles. The Kier molecular flexibility index (Phi) is 4.24. The van der Waals surface area contributed by atoms with Gasteiger partial charge in [-0.3, -0.25) is 4.90 Å². The van der Waals surface area contributed by atoms with E-state index in [1.54, 1.807) is 0 Å². The number of allylic oxidation sites excluding steroid dienone is 2. The summed E-state index contributed by atoms with van der Waals surface area (Å²) in [5.41, 5.74) is 10.6. The zero-order chi connectivity index (χ0) is 12.8. The van der Waals surface area contributed by atoms with Gasteiger partial charge in [0.25, 0.3) is 0 Å². The molecule has 0 aromatic heterocycles. The third kappa shape index (κ3) is 3.04. The van der Waals surface area contributed by atoms with Crippen molar-refractivity contribution >= 4 is 5.71 Å². The van der Waals surface area contributed by atoms with Crippen molar-refractivity contribution in [1.29, 1.82) is 0 Å². The van der Waals surface area contributed by atoms with Gasteiger partial charge >= 0.3 is 5.71 Å². The molecule has 92 valence electrons. The van der Waals surface area contributed by atoms with E-state index < -0.39 is 0 Å². The van der Waals surface area contributed by atoms with Crippen LogP contribution in [0.3, 0.4) is 0 Å². The highest BCUT2D eigenvalue weighted by molar-refractivity contribution is 6.00. The Morgan fingerprint density at radius 3 is 2.39 bits per heavy atom. The second-order valence-electron chi connectivity index (χ2n) is 4.28. The quantitative estimate of drug-likeness (QED) is 0.588. The zero-order valence-electron chi connectivity index (χ0n) is 10.5. The topological polar surface area (TPSA) is 39.6 Å². The molecule has 0 aliphatic heterocycles. The fraction of sp³-hybridized carbons (Fsp3) is 0.267. The Hall–Kier alpha value is -1.96. The first-order chi connectivity index (χ1) is 8.83. The van der Waals surface area contributed by atoms with Crippen LogP contribution < -0.4 is 0 Å². The van der Waals surface area contributed by atoms with E-state index in [0.717, 1.165) is 13.1 Å². The van der Waals surface area contributed by atoms with Crippen LogP contribution in [0.25, 0.3) is 5.53 Å². The van der Waals surface area contributed by atoms with Gasteiger partial charge in [-0.2, -0.15) is 4.79 Å². The Bertz CT molecular complexity index is 480. The summed E-state index contributed by atoms with van der Waals surface area (Å²) in [5.74, 6) is 0. The summed E-state index contributed by atoms with van der Waals surface area (Å²) in [4.78, 5) is 5.53. The average Bonchev–Trinajstić information content (AvgIpc) is 2.46. The molecule has 3 heteroatoms. The molecule has 3 nitrogen and oxygen atoms in total. The minimum Gasteiger partial charge on any atom is -0.361 e. The van der Waals surface area contributed by atoms with Gasteiger partial charge in [0.15, 0.2) is 0 Å². The van der Waals surface area contributed by atoms with Gasteiger partial charge in [-0.15, -0.1) is 0 Å². The first-order valence-electron chi connectivity index (χ1n) is 6.20. The van der Waals surface area contributed by atoms with Crippen LogP contribution in [-0.2, 0) is 6.54 Å².